The van der Waals surface area contributed by atoms with Gasteiger partial charge in [-0.3, -0.25) is 4.79 Å². The van der Waals surface area contributed by atoms with E-state index in [1.54, 1.807) is 73.0 Å². The third kappa shape index (κ3) is 5.69. The number of furan rings is 1. The monoisotopic (exact) mass is 536 g/mol. The fourth-order valence-corrected chi connectivity index (χ4v) is 4.56. The zero-order valence-corrected chi connectivity index (χ0v) is 21.2. The molecule has 36 heavy (non-hydrogen) atoms. The molecule has 0 fully saturated rings. The van der Waals surface area contributed by atoms with Crippen LogP contribution in [0.5, 0.6) is 0 Å². The van der Waals surface area contributed by atoms with Gasteiger partial charge < -0.3 is 14.5 Å². The van der Waals surface area contributed by atoms with E-state index >= 15 is 0 Å². The summed E-state index contributed by atoms with van der Waals surface area (Å²) in [6.07, 6.45) is 1.34. The minimum atomic E-state index is -0.683. The third-order valence-electron chi connectivity index (χ3n) is 5.06. The van der Waals surface area contributed by atoms with Crippen molar-refractivity contribution >= 4 is 57.5 Å². The lowest BCUT2D eigenvalue weighted by molar-refractivity contribution is -0.112. The van der Waals surface area contributed by atoms with Crippen molar-refractivity contribution in [1.82, 2.24) is 0 Å². The van der Waals surface area contributed by atoms with Crippen molar-refractivity contribution in [1.29, 1.82) is 5.26 Å². The summed E-state index contributed by atoms with van der Waals surface area (Å²) in [6.45, 7) is 1.86. The number of nitrogens with zero attached hydrogens (tertiary/aromatic N) is 1. The molecule has 4 rings (SSSR count). The van der Waals surface area contributed by atoms with Gasteiger partial charge in [0.2, 0.25) is 0 Å². The number of amides is 1. The summed E-state index contributed by atoms with van der Waals surface area (Å²) in [5.74, 6) is -0.381. The van der Waals surface area contributed by atoms with Gasteiger partial charge in [-0.05, 0) is 61.0 Å². The van der Waals surface area contributed by atoms with E-state index < -0.39 is 11.9 Å². The summed E-state index contributed by atoms with van der Waals surface area (Å²) in [7, 11) is 0. The summed E-state index contributed by atoms with van der Waals surface area (Å²) in [5, 5.41) is 15.5. The highest BCUT2D eigenvalue weighted by molar-refractivity contribution is 7.15. The maximum Gasteiger partial charge on any atom is 0.341 e. The number of rotatable bonds is 7. The van der Waals surface area contributed by atoms with Crippen LogP contribution < -0.4 is 5.32 Å². The van der Waals surface area contributed by atoms with Crippen LogP contribution in [0.3, 0.4) is 0 Å². The van der Waals surface area contributed by atoms with Gasteiger partial charge in [-0.25, -0.2) is 4.79 Å². The predicted molar refractivity (Wildman–Crippen MR) is 142 cm³/mol. The van der Waals surface area contributed by atoms with Crippen LogP contribution in [-0.2, 0) is 9.53 Å². The smallest absolute Gasteiger partial charge is 0.341 e. The fraction of sp³-hybridized carbons (Fsp3) is 0.0741. The summed E-state index contributed by atoms with van der Waals surface area (Å²) in [4.78, 5) is 25.7. The van der Waals surface area contributed by atoms with Crippen LogP contribution in [0.25, 0.3) is 28.5 Å². The zero-order valence-electron chi connectivity index (χ0n) is 18.9. The van der Waals surface area contributed by atoms with Crippen molar-refractivity contribution in [3.63, 3.8) is 0 Å². The molecule has 2 aromatic heterocycles. The molecule has 1 amide bonds. The number of esters is 1. The van der Waals surface area contributed by atoms with E-state index in [1.165, 1.54) is 6.08 Å². The zero-order chi connectivity index (χ0) is 25.7. The maximum atomic E-state index is 13.0. The molecule has 0 bridgehead atoms. The Morgan fingerprint density at radius 2 is 1.67 bits per heavy atom. The van der Waals surface area contributed by atoms with Crippen molar-refractivity contribution in [2.24, 2.45) is 0 Å². The predicted octanol–water partition coefficient (Wildman–Crippen LogP) is 7.70. The van der Waals surface area contributed by atoms with Gasteiger partial charge in [0.05, 0.1) is 6.61 Å². The maximum absolute atomic E-state index is 13.0. The number of thiophene rings is 1. The Balaban J connectivity index is 1.61. The number of carbonyl (C=O) groups excluding carboxylic acids is 2. The van der Waals surface area contributed by atoms with Gasteiger partial charge in [-0.2, -0.15) is 5.26 Å². The van der Waals surface area contributed by atoms with Gasteiger partial charge in [0.15, 0.2) is 0 Å². The second-order valence-corrected chi connectivity index (χ2v) is 9.17. The van der Waals surface area contributed by atoms with Gasteiger partial charge in [0.1, 0.15) is 33.7 Å². The molecule has 2 aromatic carbocycles. The van der Waals surface area contributed by atoms with Gasteiger partial charge in [-0.1, -0.05) is 35.3 Å². The van der Waals surface area contributed by atoms with Crippen molar-refractivity contribution in [3.05, 3.63) is 93.0 Å². The van der Waals surface area contributed by atoms with Crippen LogP contribution in [-0.4, -0.2) is 18.5 Å². The van der Waals surface area contributed by atoms with Crippen LogP contribution in [0.4, 0.5) is 5.00 Å². The minimum Gasteiger partial charge on any atom is -0.462 e. The largest absolute Gasteiger partial charge is 0.462 e. The highest BCUT2D eigenvalue weighted by Gasteiger charge is 2.24. The second kappa shape index (κ2) is 11.3. The standard InChI is InChI=1S/C27H18Cl2N2O4S/c1-2-34-27(33)24-22(16-3-7-19(28)8-4-16)15-36-26(24)31-25(32)18(14-30)13-21-11-12-23(35-21)17-5-9-20(29)10-6-17/h3-13,15H,2H2,1H3,(H,31,32)/b18-13+. The Morgan fingerprint density at radius 1 is 1.03 bits per heavy atom. The minimum absolute atomic E-state index is 0.167. The van der Waals surface area contributed by atoms with E-state index in [1.807, 2.05) is 6.07 Å². The average molecular weight is 537 g/mol. The number of nitriles is 1. The molecule has 180 valence electrons. The van der Waals surface area contributed by atoms with E-state index in [4.69, 9.17) is 32.4 Å². The Kier molecular flexibility index (Phi) is 7.91. The van der Waals surface area contributed by atoms with Crippen molar-refractivity contribution in [3.8, 4) is 28.5 Å². The molecular formula is C27H18Cl2N2O4S. The SMILES string of the molecule is CCOC(=O)c1c(-c2ccc(Cl)cc2)csc1NC(=O)/C(C#N)=C/c1ccc(-c2ccc(Cl)cc2)o1. The molecule has 0 aliphatic heterocycles. The Morgan fingerprint density at radius 3 is 2.28 bits per heavy atom. The second-order valence-electron chi connectivity index (χ2n) is 7.41. The van der Waals surface area contributed by atoms with Gasteiger partial charge in [-0.15, -0.1) is 11.3 Å². The molecule has 4 aromatic rings. The molecule has 6 nitrogen and oxygen atoms in total. The first-order valence-corrected chi connectivity index (χ1v) is 12.4. The quantitative estimate of drug-likeness (QED) is 0.148. The molecule has 1 N–H and O–H groups in total. The summed E-state index contributed by atoms with van der Waals surface area (Å²) in [5.41, 5.74) is 2.14. The molecule has 0 atom stereocenters. The highest BCUT2D eigenvalue weighted by atomic mass is 35.5. The van der Waals surface area contributed by atoms with Gasteiger partial charge >= 0.3 is 5.97 Å². The topological polar surface area (TPSA) is 92.3 Å². The number of nitrogens with one attached hydrogen (secondary N) is 1. The Bertz CT molecular complexity index is 1480. The lowest BCUT2D eigenvalue weighted by atomic mass is 10.0. The van der Waals surface area contributed by atoms with Gasteiger partial charge in [0.25, 0.3) is 5.91 Å². The molecule has 0 spiro atoms. The number of benzene rings is 2. The first-order chi connectivity index (χ1) is 17.4. The Hall–Kier alpha value is -3.83. The molecule has 9 heteroatoms. The average Bonchev–Trinajstić information content (AvgIpc) is 3.51. The van der Waals surface area contributed by atoms with Crippen LogP contribution >= 0.6 is 34.5 Å². The number of hydrogen-bond acceptors (Lipinski definition) is 6. The van der Waals surface area contributed by atoms with Crippen LogP contribution in [0.15, 0.2) is 76.0 Å². The van der Waals surface area contributed by atoms with Crippen LogP contribution in [0.1, 0.15) is 23.0 Å². The van der Waals surface area contributed by atoms with Crippen molar-refractivity contribution in [2.45, 2.75) is 6.92 Å². The van der Waals surface area contributed by atoms with E-state index in [2.05, 4.69) is 5.32 Å². The molecule has 0 unspecified atom stereocenters. The van der Waals surface area contributed by atoms with Crippen LogP contribution in [0.2, 0.25) is 10.0 Å². The van der Waals surface area contributed by atoms with Crippen molar-refractivity contribution in [2.75, 3.05) is 11.9 Å². The Labute approximate surface area is 221 Å². The molecular weight excluding hydrogens is 519 g/mol. The first-order valence-electron chi connectivity index (χ1n) is 10.7. The number of ether oxygens (including phenoxy) is 1. The lowest BCUT2D eigenvalue weighted by Crippen LogP contribution is -2.16. The first kappa shape index (κ1) is 25.3. The molecule has 0 radical (unpaired) electrons. The number of anilines is 1. The number of hydrogen-bond donors (Lipinski definition) is 1. The molecule has 0 aliphatic carbocycles. The molecule has 0 aliphatic rings. The third-order valence-corrected chi connectivity index (χ3v) is 6.46. The van der Waals surface area contributed by atoms with Gasteiger partial charge in [0, 0.05) is 32.6 Å². The van der Waals surface area contributed by atoms with Crippen molar-refractivity contribution < 1.29 is 18.7 Å². The molecule has 0 saturated carbocycles. The number of halogens is 2. The van der Waals surface area contributed by atoms with Crippen LogP contribution in [0, 0.1) is 11.3 Å². The van der Waals surface area contributed by atoms with E-state index in [0.29, 0.717) is 27.1 Å². The highest BCUT2D eigenvalue weighted by Crippen LogP contribution is 2.37. The van der Waals surface area contributed by atoms with E-state index in [-0.39, 0.29) is 22.7 Å². The molecule has 2 heterocycles. The van der Waals surface area contributed by atoms with E-state index in [9.17, 15) is 14.9 Å². The summed E-state index contributed by atoms with van der Waals surface area (Å²) < 4.78 is 11.0. The van der Waals surface area contributed by atoms with E-state index in [0.717, 1.165) is 22.5 Å². The molecule has 0 saturated heterocycles. The fourth-order valence-electron chi connectivity index (χ4n) is 3.36. The lowest BCUT2D eigenvalue weighted by Gasteiger charge is -2.08. The normalized spacial score (nSPS) is 11.1. The summed E-state index contributed by atoms with van der Waals surface area (Å²) >= 11 is 13.1. The summed E-state index contributed by atoms with van der Waals surface area (Å²) in [6, 6.07) is 19.3. The number of carbonyl (C=O) groups is 2.